The van der Waals surface area contributed by atoms with Gasteiger partial charge in [0.25, 0.3) is 5.91 Å². The van der Waals surface area contributed by atoms with E-state index in [1.165, 1.54) is 12.7 Å². The van der Waals surface area contributed by atoms with Crippen LogP contribution < -0.4 is 5.32 Å². The zero-order chi connectivity index (χ0) is 23.4. The van der Waals surface area contributed by atoms with Crippen molar-refractivity contribution in [1.29, 1.82) is 0 Å². The lowest BCUT2D eigenvalue weighted by Crippen LogP contribution is -2.27. The topological polar surface area (TPSA) is 60.3 Å². The Balaban J connectivity index is 1.52. The Labute approximate surface area is 197 Å². The van der Waals surface area contributed by atoms with Crippen molar-refractivity contribution in [3.8, 4) is 0 Å². The Morgan fingerprint density at radius 2 is 1.73 bits per heavy atom. The molecule has 0 radical (unpaired) electrons. The average Bonchev–Trinajstić information content (AvgIpc) is 3.26. The van der Waals surface area contributed by atoms with Crippen molar-refractivity contribution in [2.24, 2.45) is 0 Å². The monoisotopic (exact) mass is 460 g/mol. The minimum Gasteiger partial charge on any atom is -0.465 e. The molecule has 6 heteroatoms. The number of methoxy groups -OCH3 is 1. The fourth-order valence-corrected chi connectivity index (χ4v) is 4.04. The first kappa shape index (κ1) is 22.6. The summed E-state index contributed by atoms with van der Waals surface area (Å²) in [6.45, 7) is 2.67. The Bertz CT molecular complexity index is 1280. The number of aryl methyl sites for hydroxylation is 2. The van der Waals surface area contributed by atoms with Gasteiger partial charge < -0.3 is 14.6 Å². The maximum atomic E-state index is 13.2. The van der Waals surface area contributed by atoms with Gasteiger partial charge in [0.2, 0.25) is 0 Å². The number of fused-ring (bicyclic) bond motifs is 1. The van der Waals surface area contributed by atoms with Gasteiger partial charge in [-0.25, -0.2) is 4.79 Å². The van der Waals surface area contributed by atoms with E-state index < -0.39 is 0 Å². The van der Waals surface area contributed by atoms with Crippen LogP contribution in [0.4, 0.5) is 0 Å². The normalized spacial score (nSPS) is 11.8. The van der Waals surface area contributed by atoms with Gasteiger partial charge in [0.1, 0.15) is 0 Å². The van der Waals surface area contributed by atoms with Crippen molar-refractivity contribution in [1.82, 2.24) is 9.88 Å². The van der Waals surface area contributed by atoms with Crippen LogP contribution in [0.5, 0.6) is 0 Å². The zero-order valence-electron chi connectivity index (χ0n) is 18.5. The molecule has 0 saturated carbocycles. The van der Waals surface area contributed by atoms with Crippen LogP contribution in [0.2, 0.25) is 5.02 Å². The number of nitrogens with one attached hydrogen (secondary N) is 1. The number of amides is 1. The molecule has 3 aromatic carbocycles. The lowest BCUT2D eigenvalue weighted by Gasteiger charge is -2.16. The molecule has 0 fully saturated rings. The number of rotatable bonds is 7. The molecule has 0 aliphatic heterocycles. The molecule has 0 saturated heterocycles. The predicted octanol–water partition coefficient (Wildman–Crippen LogP) is 5.82. The van der Waals surface area contributed by atoms with Gasteiger partial charge in [-0.15, -0.1) is 0 Å². The van der Waals surface area contributed by atoms with Crippen LogP contribution in [0.1, 0.15) is 44.8 Å². The third-order valence-corrected chi connectivity index (χ3v) is 6.02. The molecule has 0 bridgehead atoms. The Hall–Kier alpha value is -3.57. The van der Waals surface area contributed by atoms with Gasteiger partial charge in [0.15, 0.2) is 0 Å². The largest absolute Gasteiger partial charge is 0.465 e. The molecule has 1 aromatic heterocycles. The van der Waals surface area contributed by atoms with Gasteiger partial charge >= 0.3 is 5.97 Å². The maximum Gasteiger partial charge on any atom is 0.337 e. The second kappa shape index (κ2) is 9.92. The number of benzene rings is 3. The minimum atomic E-state index is -0.385. The summed E-state index contributed by atoms with van der Waals surface area (Å²) >= 11 is 5.99. The van der Waals surface area contributed by atoms with Crippen molar-refractivity contribution in [3.63, 3.8) is 0 Å². The first-order chi connectivity index (χ1) is 16.0. The number of ether oxygens (including phenoxy) is 1. The molecule has 1 N–H and O–H groups in total. The van der Waals surface area contributed by atoms with E-state index in [0.29, 0.717) is 11.1 Å². The number of hydrogen-bond donors (Lipinski definition) is 1. The highest BCUT2D eigenvalue weighted by Gasteiger charge is 2.17. The van der Waals surface area contributed by atoms with E-state index in [-0.39, 0.29) is 17.9 Å². The van der Waals surface area contributed by atoms with Gasteiger partial charge in [-0.05, 0) is 60.9 Å². The predicted molar refractivity (Wildman–Crippen MR) is 131 cm³/mol. The van der Waals surface area contributed by atoms with Crippen LogP contribution in [0.3, 0.4) is 0 Å². The Kier molecular flexibility index (Phi) is 6.80. The summed E-state index contributed by atoms with van der Waals surface area (Å²) in [6.07, 6.45) is 2.85. The number of carbonyl (C=O) groups is 2. The van der Waals surface area contributed by atoms with E-state index in [4.69, 9.17) is 16.3 Å². The molecule has 33 heavy (non-hydrogen) atoms. The first-order valence-electron chi connectivity index (χ1n) is 10.8. The Morgan fingerprint density at radius 1 is 1.00 bits per heavy atom. The molecule has 4 aromatic rings. The summed E-state index contributed by atoms with van der Waals surface area (Å²) in [5.41, 5.74) is 4.11. The molecule has 4 rings (SSSR count). The van der Waals surface area contributed by atoms with Crippen molar-refractivity contribution in [3.05, 3.63) is 106 Å². The highest BCUT2D eigenvalue weighted by Crippen LogP contribution is 2.23. The van der Waals surface area contributed by atoms with Crippen LogP contribution in [0, 0.1) is 0 Å². The fourth-order valence-electron chi connectivity index (χ4n) is 3.91. The molecule has 0 spiro atoms. The van der Waals surface area contributed by atoms with Crippen molar-refractivity contribution in [2.45, 2.75) is 25.9 Å². The second-order valence-corrected chi connectivity index (χ2v) is 8.37. The Morgan fingerprint density at radius 3 is 2.42 bits per heavy atom. The van der Waals surface area contributed by atoms with Crippen molar-refractivity contribution >= 4 is 34.4 Å². The number of aromatic nitrogens is 1. The zero-order valence-corrected chi connectivity index (χ0v) is 19.3. The fraction of sp³-hybridized carbons (Fsp3) is 0.185. The number of para-hydroxylation sites is 1. The third-order valence-electron chi connectivity index (χ3n) is 5.77. The number of nitrogens with zero attached hydrogens (tertiary/aromatic N) is 1. The minimum absolute atomic E-state index is 0.142. The van der Waals surface area contributed by atoms with Crippen LogP contribution in [-0.4, -0.2) is 23.6 Å². The summed E-state index contributed by atoms with van der Waals surface area (Å²) < 4.78 is 6.86. The van der Waals surface area contributed by atoms with Gasteiger partial charge in [-0.3, -0.25) is 4.79 Å². The summed E-state index contributed by atoms with van der Waals surface area (Å²) in [4.78, 5) is 24.9. The first-order valence-corrected chi connectivity index (χ1v) is 11.2. The molecular formula is C27H25ClN2O3. The summed E-state index contributed by atoms with van der Waals surface area (Å²) in [5.74, 6) is -0.527. The molecule has 5 nitrogen and oxygen atoms in total. The van der Waals surface area contributed by atoms with E-state index in [9.17, 15) is 9.59 Å². The van der Waals surface area contributed by atoms with Crippen molar-refractivity contribution < 1.29 is 14.3 Å². The van der Waals surface area contributed by atoms with Crippen LogP contribution >= 0.6 is 11.6 Å². The highest BCUT2D eigenvalue weighted by atomic mass is 35.5. The number of hydrogen-bond acceptors (Lipinski definition) is 3. The van der Waals surface area contributed by atoms with Gasteiger partial charge in [-0.2, -0.15) is 0 Å². The third kappa shape index (κ3) is 5.10. The quantitative estimate of drug-likeness (QED) is 0.354. The van der Waals surface area contributed by atoms with E-state index in [0.717, 1.165) is 34.5 Å². The molecular weight excluding hydrogens is 436 g/mol. The molecule has 0 aliphatic rings. The lowest BCUT2D eigenvalue weighted by atomic mass is 10.0. The summed E-state index contributed by atoms with van der Waals surface area (Å²) in [6, 6.07) is 22.5. The van der Waals surface area contributed by atoms with E-state index in [1.807, 2.05) is 73.8 Å². The summed E-state index contributed by atoms with van der Waals surface area (Å²) in [5, 5.41) is 4.82. The van der Waals surface area contributed by atoms with Crippen LogP contribution in [0.15, 0.2) is 79.0 Å². The SMILES string of the molecule is COC(=O)c1ccc([C@H](C)NC(=O)c2cccc3ccn(CCc4ccc(Cl)cc4)c23)cc1. The van der Waals surface area contributed by atoms with E-state index in [2.05, 4.69) is 9.88 Å². The summed E-state index contributed by atoms with van der Waals surface area (Å²) in [7, 11) is 1.35. The van der Waals surface area contributed by atoms with Crippen LogP contribution in [0.25, 0.3) is 10.9 Å². The van der Waals surface area contributed by atoms with E-state index in [1.54, 1.807) is 12.1 Å². The molecule has 1 heterocycles. The average molecular weight is 461 g/mol. The van der Waals surface area contributed by atoms with Crippen LogP contribution in [-0.2, 0) is 17.7 Å². The molecule has 1 amide bonds. The van der Waals surface area contributed by atoms with Gasteiger partial charge in [0.05, 0.1) is 29.8 Å². The maximum absolute atomic E-state index is 13.2. The number of esters is 1. The van der Waals surface area contributed by atoms with Gasteiger partial charge in [0, 0.05) is 23.2 Å². The molecule has 0 unspecified atom stereocenters. The standard InChI is InChI=1S/C27H25ClN2O3/c1-18(20-8-10-22(11-9-20)27(32)33-2)29-26(31)24-5-3-4-21-15-17-30(25(21)24)16-14-19-6-12-23(28)13-7-19/h3-13,15,17-18H,14,16H2,1-2H3,(H,29,31)/t18-/m0/s1. The van der Waals surface area contributed by atoms with E-state index >= 15 is 0 Å². The lowest BCUT2D eigenvalue weighted by molar-refractivity contribution is 0.0600. The molecule has 168 valence electrons. The van der Waals surface area contributed by atoms with Gasteiger partial charge in [-0.1, -0.05) is 48.0 Å². The van der Waals surface area contributed by atoms with Crippen molar-refractivity contribution in [2.75, 3.05) is 7.11 Å². The smallest absolute Gasteiger partial charge is 0.337 e. The highest BCUT2D eigenvalue weighted by molar-refractivity contribution is 6.30. The molecule has 1 atom stereocenters. The number of halogens is 1. The molecule has 0 aliphatic carbocycles. The second-order valence-electron chi connectivity index (χ2n) is 7.94. The number of carbonyl (C=O) groups excluding carboxylic acids is 2.